The molecule has 0 aliphatic carbocycles. The Morgan fingerprint density at radius 2 is 1.93 bits per heavy atom. The zero-order chi connectivity index (χ0) is 18.7. The molecule has 27 heavy (non-hydrogen) atoms. The fourth-order valence-electron chi connectivity index (χ4n) is 3.02. The SMILES string of the molecule is Cc1cccc(NS(=O)(=O)c2cccc(C(=O)N3CCNC(C)C3)c2)c1.Cl. The number of carbonyl (C=O) groups is 1. The van der Waals surface area contributed by atoms with Gasteiger partial charge in [0.1, 0.15) is 0 Å². The van der Waals surface area contributed by atoms with Gasteiger partial charge in [-0.3, -0.25) is 9.52 Å². The molecule has 1 aliphatic rings. The second kappa shape index (κ2) is 8.73. The molecule has 0 radical (unpaired) electrons. The average Bonchev–Trinajstić information content (AvgIpc) is 2.61. The maximum atomic E-state index is 12.7. The van der Waals surface area contributed by atoms with Crippen molar-refractivity contribution < 1.29 is 13.2 Å². The van der Waals surface area contributed by atoms with Gasteiger partial charge in [-0.25, -0.2) is 8.42 Å². The Bertz CT molecular complexity index is 918. The molecule has 8 heteroatoms. The fourth-order valence-corrected chi connectivity index (χ4v) is 4.11. The molecule has 2 N–H and O–H groups in total. The minimum Gasteiger partial charge on any atom is -0.336 e. The van der Waals surface area contributed by atoms with Crippen LogP contribution in [0.1, 0.15) is 22.8 Å². The first-order valence-corrected chi connectivity index (χ1v) is 10.1. The molecule has 1 aliphatic heterocycles. The van der Waals surface area contributed by atoms with Crippen molar-refractivity contribution in [1.29, 1.82) is 0 Å². The number of hydrogen-bond acceptors (Lipinski definition) is 4. The van der Waals surface area contributed by atoms with Crippen molar-refractivity contribution in [1.82, 2.24) is 10.2 Å². The monoisotopic (exact) mass is 409 g/mol. The first-order valence-electron chi connectivity index (χ1n) is 8.57. The molecule has 2 aromatic carbocycles. The number of sulfonamides is 1. The van der Waals surface area contributed by atoms with Gasteiger partial charge in [0.2, 0.25) is 0 Å². The van der Waals surface area contributed by atoms with Crippen LogP contribution in [-0.4, -0.2) is 44.9 Å². The summed E-state index contributed by atoms with van der Waals surface area (Å²) in [6, 6.07) is 13.6. The van der Waals surface area contributed by atoms with Crippen LogP contribution in [0.4, 0.5) is 5.69 Å². The van der Waals surface area contributed by atoms with E-state index in [1.54, 1.807) is 35.2 Å². The molecule has 3 rings (SSSR count). The number of rotatable bonds is 4. The van der Waals surface area contributed by atoms with E-state index in [1.165, 1.54) is 12.1 Å². The third kappa shape index (κ3) is 5.22. The molecule has 0 aromatic heterocycles. The topological polar surface area (TPSA) is 78.5 Å². The highest BCUT2D eigenvalue weighted by Crippen LogP contribution is 2.19. The van der Waals surface area contributed by atoms with Crippen LogP contribution < -0.4 is 10.0 Å². The molecule has 6 nitrogen and oxygen atoms in total. The minimum absolute atomic E-state index is 0. The zero-order valence-electron chi connectivity index (χ0n) is 15.3. The average molecular weight is 410 g/mol. The van der Waals surface area contributed by atoms with Crippen LogP contribution in [0.3, 0.4) is 0 Å². The first kappa shape index (κ1) is 21.2. The molecule has 1 unspecified atom stereocenters. The van der Waals surface area contributed by atoms with Gasteiger partial charge in [0.25, 0.3) is 15.9 Å². The number of nitrogens with zero attached hydrogens (tertiary/aromatic N) is 1. The van der Waals surface area contributed by atoms with E-state index < -0.39 is 10.0 Å². The van der Waals surface area contributed by atoms with Gasteiger partial charge < -0.3 is 10.2 Å². The summed E-state index contributed by atoms with van der Waals surface area (Å²) in [6.45, 7) is 5.87. The Kier molecular flexibility index (Phi) is 6.86. The smallest absolute Gasteiger partial charge is 0.261 e. The van der Waals surface area contributed by atoms with E-state index >= 15 is 0 Å². The summed E-state index contributed by atoms with van der Waals surface area (Å²) in [5.74, 6) is -0.147. The molecule has 0 bridgehead atoms. The van der Waals surface area contributed by atoms with Gasteiger partial charge in [-0.15, -0.1) is 12.4 Å². The quantitative estimate of drug-likeness (QED) is 0.813. The van der Waals surface area contributed by atoms with E-state index in [2.05, 4.69) is 10.0 Å². The number of aryl methyl sites for hydroxylation is 1. The number of carbonyl (C=O) groups excluding carboxylic acids is 1. The molecular formula is C19H24ClN3O3S. The van der Waals surface area contributed by atoms with Crippen LogP contribution in [0.25, 0.3) is 0 Å². The van der Waals surface area contributed by atoms with Gasteiger partial charge in [-0.05, 0) is 49.7 Å². The molecule has 1 atom stereocenters. The number of halogens is 1. The standard InChI is InChI=1S/C19H23N3O3S.ClH/c1-14-5-3-7-17(11-14)21-26(24,25)18-8-4-6-16(12-18)19(23)22-10-9-20-15(2)13-22;/h3-8,11-12,15,20-21H,9-10,13H2,1-2H3;1H. The number of hydrogen-bond donors (Lipinski definition) is 2. The van der Waals surface area contributed by atoms with Crippen molar-refractivity contribution in [2.75, 3.05) is 24.4 Å². The van der Waals surface area contributed by atoms with Crippen molar-refractivity contribution in [3.8, 4) is 0 Å². The lowest BCUT2D eigenvalue weighted by Crippen LogP contribution is -2.51. The lowest BCUT2D eigenvalue weighted by molar-refractivity contribution is 0.0709. The van der Waals surface area contributed by atoms with Crippen LogP contribution in [-0.2, 0) is 10.0 Å². The summed E-state index contributed by atoms with van der Waals surface area (Å²) < 4.78 is 27.9. The van der Waals surface area contributed by atoms with Crippen LogP contribution in [0.2, 0.25) is 0 Å². The Hall–Kier alpha value is -2.09. The highest BCUT2D eigenvalue weighted by Gasteiger charge is 2.23. The third-order valence-corrected chi connectivity index (χ3v) is 5.70. The Morgan fingerprint density at radius 1 is 1.19 bits per heavy atom. The third-order valence-electron chi connectivity index (χ3n) is 4.32. The predicted octanol–water partition coefficient (Wildman–Crippen LogP) is 2.65. The molecule has 1 fully saturated rings. The number of nitrogens with one attached hydrogen (secondary N) is 2. The lowest BCUT2D eigenvalue weighted by atomic mass is 10.1. The summed E-state index contributed by atoms with van der Waals surface area (Å²) in [4.78, 5) is 14.5. The second-order valence-electron chi connectivity index (χ2n) is 6.61. The normalized spacial score (nSPS) is 17.1. The zero-order valence-corrected chi connectivity index (χ0v) is 16.9. The fraction of sp³-hybridized carbons (Fsp3) is 0.316. The van der Waals surface area contributed by atoms with E-state index in [4.69, 9.17) is 0 Å². The maximum Gasteiger partial charge on any atom is 0.261 e. The summed E-state index contributed by atoms with van der Waals surface area (Å²) in [5, 5.41) is 3.29. The van der Waals surface area contributed by atoms with E-state index in [-0.39, 0.29) is 29.3 Å². The number of benzene rings is 2. The molecule has 0 saturated carbocycles. The van der Waals surface area contributed by atoms with Crippen molar-refractivity contribution >= 4 is 34.0 Å². The Balaban J connectivity index is 0.00000261. The van der Waals surface area contributed by atoms with Gasteiger partial charge in [0, 0.05) is 36.9 Å². The minimum atomic E-state index is -3.76. The second-order valence-corrected chi connectivity index (χ2v) is 8.29. The molecule has 1 heterocycles. The Morgan fingerprint density at radius 3 is 2.63 bits per heavy atom. The Labute approximate surface area is 166 Å². The first-order chi connectivity index (χ1) is 12.3. The number of amides is 1. The molecule has 2 aromatic rings. The molecule has 1 amide bonds. The molecular weight excluding hydrogens is 386 g/mol. The van der Waals surface area contributed by atoms with E-state index in [0.717, 1.165) is 12.1 Å². The number of piperazine rings is 1. The summed E-state index contributed by atoms with van der Waals surface area (Å²) >= 11 is 0. The van der Waals surface area contributed by atoms with Crippen molar-refractivity contribution in [3.05, 3.63) is 59.7 Å². The predicted molar refractivity (Wildman–Crippen MR) is 109 cm³/mol. The van der Waals surface area contributed by atoms with Gasteiger partial charge in [-0.1, -0.05) is 18.2 Å². The van der Waals surface area contributed by atoms with E-state index in [1.807, 2.05) is 19.9 Å². The summed E-state index contributed by atoms with van der Waals surface area (Å²) in [6.07, 6.45) is 0. The van der Waals surface area contributed by atoms with Gasteiger partial charge in [-0.2, -0.15) is 0 Å². The highest BCUT2D eigenvalue weighted by atomic mass is 35.5. The van der Waals surface area contributed by atoms with E-state index in [9.17, 15) is 13.2 Å². The van der Waals surface area contributed by atoms with Crippen LogP contribution in [0.5, 0.6) is 0 Å². The summed E-state index contributed by atoms with van der Waals surface area (Å²) in [7, 11) is -3.76. The molecule has 146 valence electrons. The van der Waals surface area contributed by atoms with Crippen molar-refractivity contribution in [2.24, 2.45) is 0 Å². The van der Waals surface area contributed by atoms with Gasteiger partial charge >= 0.3 is 0 Å². The van der Waals surface area contributed by atoms with Crippen LogP contribution in [0, 0.1) is 6.92 Å². The highest BCUT2D eigenvalue weighted by molar-refractivity contribution is 7.92. The van der Waals surface area contributed by atoms with Gasteiger partial charge in [0.05, 0.1) is 4.90 Å². The molecule has 1 saturated heterocycles. The summed E-state index contributed by atoms with van der Waals surface area (Å²) in [5.41, 5.74) is 1.84. The van der Waals surface area contributed by atoms with Crippen LogP contribution in [0.15, 0.2) is 53.4 Å². The lowest BCUT2D eigenvalue weighted by Gasteiger charge is -2.32. The maximum absolute atomic E-state index is 12.7. The van der Waals surface area contributed by atoms with Crippen molar-refractivity contribution in [2.45, 2.75) is 24.8 Å². The van der Waals surface area contributed by atoms with E-state index in [0.29, 0.717) is 24.3 Å². The van der Waals surface area contributed by atoms with Crippen molar-refractivity contribution in [3.63, 3.8) is 0 Å². The number of anilines is 1. The molecule has 0 spiro atoms. The van der Waals surface area contributed by atoms with Crippen LogP contribution >= 0.6 is 12.4 Å². The largest absolute Gasteiger partial charge is 0.336 e. The van der Waals surface area contributed by atoms with Gasteiger partial charge in [0.15, 0.2) is 0 Å².